The van der Waals surface area contributed by atoms with Crippen molar-refractivity contribution in [2.24, 2.45) is 0 Å². The average molecular weight is 282 g/mol. The van der Waals surface area contributed by atoms with Crippen LogP contribution in [0.4, 0.5) is 0 Å². The first-order valence-electron chi connectivity index (χ1n) is 7.14. The molecular weight excluding hydrogens is 256 g/mol. The Morgan fingerprint density at radius 3 is 2.80 bits per heavy atom. The lowest BCUT2D eigenvalue weighted by Gasteiger charge is -2.26. The summed E-state index contributed by atoms with van der Waals surface area (Å²) in [5, 5.41) is 7.82. The van der Waals surface area contributed by atoms with Crippen LogP contribution in [0.15, 0.2) is 6.33 Å². The molecule has 1 atom stereocenters. The molecule has 1 fully saturated rings. The molecule has 1 aromatic rings. The van der Waals surface area contributed by atoms with Gasteiger partial charge in [-0.3, -0.25) is 0 Å². The number of methoxy groups -OCH3 is 1. The highest BCUT2D eigenvalue weighted by atomic mass is 16.5. The van der Waals surface area contributed by atoms with Crippen LogP contribution in [0, 0.1) is 0 Å². The second-order valence-corrected chi connectivity index (χ2v) is 6.50. The SMILES string of the molecule is COCCNCc1ncn(C2CC(C)(C)OC2(C)C)n1. The first-order chi connectivity index (χ1) is 9.34. The van der Waals surface area contributed by atoms with E-state index in [2.05, 4.69) is 43.1 Å². The van der Waals surface area contributed by atoms with Crippen LogP contribution in [-0.4, -0.2) is 46.2 Å². The topological polar surface area (TPSA) is 61.2 Å². The molecule has 0 amide bonds. The van der Waals surface area contributed by atoms with Crippen LogP contribution in [-0.2, 0) is 16.0 Å². The summed E-state index contributed by atoms with van der Waals surface area (Å²) in [4.78, 5) is 4.36. The Kier molecular flexibility index (Phi) is 4.46. The number of rotatable bonds is 6. The van der Waals surface area contributed by atoms with Crippen molar-refractivity contribution in [3.8, 4) is 0 Å². The van der Waals surface area contributed by atoms with E-state index in [0.29, 0.717) is 13.2 Å². The Morgan fingerprint density at radius 1 is 1.45 bits per heavy atom. The predicted octanol–water partition coefficient (Wildman–Crippen LogP) is 1.53. The molecule has 0 aromatic carbocycles. The van der Waals surface area contributed by atoms with Gasteiger partial charge in [0.25, 0.3) is 0 Å². The summed E-state index contributed by atoms with van der Waals surface area (Å²) < 4.78 is 13.0. The molecule has 2 rings (SSSR count). The summed E-state index contributed by atoms with van der Waals surface area (Å²) >= 11 is 0. The number of aromatic nitrogens is 3. The molecule has 6 nitrogen and oxygen atoms in total. The largest absolute Gasteiger partial charge is 0.383 e. The Hall–Kier alpha value is -0.980. The second-order valence-electron chi connectivity index (χ2n) is 6.50. The minimum absolute atomic E-state index is 0.114. The molecule has 0 spiro atoms. The fraction of sp³-hybridized carbons (Fsp3) is 0.857. The minimum Gasteiger partial charge on any atom is -0.383 e. The number of nitrogens with one attached hydrogen (secondary N) is 1. The van der Waals surface area contributed by atoms with E-state index in [9.17, 15) is 0 Å². The van der Waals surface area contributed by atoms with Crippen molar-refractivity contribution in [2.75, 3.05) is 20.3 Å². The average Bonchev–Trinajstić information content (AvgIpc) is 2.86. The van der Waals surface area contributed by atoms with E-state index < -0.39 is 0 Å². The molecule has 114 valence electrons. The predicted molar refractivity (Wildman–Crippen MR) is 76.5 cm³/mol. The van der Waals surface area contributed by atoms with Gasteiger partial charge in [-0.2, -0.15) is 5.10 Å². The lowest BCUT2D eigenvalue weighted by molar-refractivity contribution is -0.0737. The zero-order valence-electron chi connectivity index (χ0n) is 13.1. The van der Waals surface area contributed by atoms with Crippen molar-refractivity contribution in [3.05, 3.63) is 12.2 Å². The van der Waals surface area contributed by atoms with E-state index in [4.69, 9.17) is 9.47 Å². The standard InChI is InChI=1S/C14H26N4O2/c1-13(2)8-11(14(3,4)20-13)18-10-16-12(17-18)9-15-6-7-19-5/h10-11,15H,6-9H2,1-5H3. The van der Waals surface area contributed by atoms with Gasteiger partial charge >= 0.3 is 0 Å². The smallest absolute Gasteiger partial charge is 0.164 e. The summed E-state index contributed by atoms with van der Waals surface area (Å²) in [6.07, 6.45) is 2.75. The molecule has 1 aliphatic rings. The van der Waals surface area contributed by atoms with Crippen molar-refractivity contribution < 1.29 is 9.47 Å². The zero-order chi connectivity index (χ0) is 14.8. The summed E-state index contributed by atoms with van der Waals surface area (Å²) in [6, 6.07) is 0.220. The number of hydrogen-bond donors (Lipinski definition) is 1. The molecule has 1 saturated heterocycles. The van der Waals surface area contributed by atoms with E-state index in [1.807, 2.05) is 11.0 Å². The Bertz CT molecular complexity index is 442. The summed E-state index contributed by atoms with van der Waals surface area (Å²) in [6.45, 7) is 10.6. The monoisotopic (exact) mass is 282 g/mol. The van der Waals surface area contributed by atoms with Crippen LogP contribution in [0.1, 0.15) is 46.0 Å². The molecule has 20 heavy (non-hydrogen) atoms. The third-order valence-electron chi connectivity index (χ3n) is 3.67. The highest BCUT2D eigenvalue weighted by Gasteiger charge is 2.47. The van der Waals surface area contributed by atoms with Gasteiger partial charge in [0.2, 0.25) is 0 Å². The van der Waals surface area contributed by atoms with Gasteiger partial charge in [0.15, 0.2) is 5.82 Å². The van der Waals surface area contributed by atoms with Crippen LogP contribution in [0.2, 0.25) is 0 Å². The van der Waals surface area contributed by atoms with E-state index in [1.165, 1.54) is 0 Å². The summed E-state index contributed by atoms with van der Waals surface area (Å²) in [5.74, 6) is 0.807. The first kappa shape index (κ1) is 15.4. The molecule has 1 aromatic heterocycles. The fourth-order valence-electron chi connectivity index (χ4n) is 2.86. The lowest BCUT2D eigenvalue weighted by atomic mass is 9.95. The molecule has 1 unspecified atom stereocenters. The van der Waals surface area contributed by atoms with Gasteiger partial charge in [-0.05, 0) is 27.7 Å². The first-order valence-corrected chi connectivity index (χ1v) is 7.14. The molecule has 6 heteroatoms. The van der Waals surface area contributed by atoms with Gasteiger partial charge in [-0.1, -0.05) is 0 Å². The Balaban J connectivity index is 1.98. The van der Waals surface area contributed by atoms with Gasteiger partial charge in [-0.25, -0.2) is 9.67 Å². The number of nitrogens with zero attached hydrogens (tertiary/aromatic N) is 3. The highest BCUT2D eigenvalue weighted by Crippen LogP contribution is 2.44. The third-order valence-corrected chi connectivity index (χ3v) is 3.67. The molecule has 1 aliphatic heterocycles. The van der Waals surface area contributed by atoms with Crippen LogP contribution in [0.3, 0.4) is 0 Å². The molecule has 0 radical (unpaired) electrons. The lowest BCUT2D eigenvalue weighted by Crippen LogP contribution is -2.31. The van der Waals surface area contributed by atoms with Crippen molar-refractivity contribution in [1.82, 2.24) is 20.1 Å². The summed E-state index contributed by atoms with van der Waals surface area (Å²) in [5.41, 5.74) is -0.338. The van der Waals surface area contributed by atoms with Crippen LogP contribution in [0.5, 0.6) is 0 Å². The molecule has 1 N–H and O–H groups in total. The van der Waals surface area contributed by atoms with Crippen molar-refractivity contribution in [2.45, 2.75) is 57.9 Å². The van der Waals surface area contributed by atoms with E-state index in [0.717, 1.165) is 18.8 Å². The summed E-state index contributed by atoms with van der Waals surface area (Å²) in [7, 11) is 1.69. The molecule has 0 bridgehead atoms. The zero-order valence-corrected chi connectivity index (χ0v) is 13.1. The van der Waals surface area contributed by atoms with Gasteiger partial charge in [-0.15, -0.1) is 0 Å². The van der Waals surface area contributed by atoms with Crippen LogP contribution < -0.4 is 5.32 Å². The Labute approximate surface area is 120 Å². The Morgan fingerprint density at radius 2 is 2.20 bits per heavy atom. The maximum atomic E-state index is 6.10. The molecule has 0 saturated carbocycles. The van der Waals surface area contributed by atoms with E-state index in [-0.39, 0.29) is 17.2 Å². The van der Waals surface area contributed by atoms with Gasteiger partial charge in [0.05, 0.1) is 30.4 Å². The molecule has 2 heterocycles. The van der Waals surface area contributed by atoms with Gasteiger partial charge in [0.1, 0.15) is 6.33 Å². The highest BCUT2D eigenvalue weighted by molar-refractivity contribution is 4.98. The van der Waals surface area contributed by atoms with Gasteiger partial charge in [0, 0.05) is 20.1 Å². The minimum atomic E-state index is -0.224. The fourth-order valence-corrected chi connectivity index (χ4v) is 2.86. The van der Waals surface area contributed by atoms with E-state index >= 15 is 0 Å². The van der Waals surface area contributed by atoms with Crippen molar-refractivity contribution in [1.29, 1.82) is 0 Å². The van der Waals surface area contributed by atoms with E-state index in [1.54, 1.807) is 7.11 Å². The van der Waals surface area contributed by atoms with Crippen molar-refractivity contribution >= 4 is 0 Å². The second kappa shape index (κ2) is 5.79. The number of hydrogen-bond acceptors (Lipinski definition) is 5. The molecule has 0 aliphatic carbocycles. The normalized spacial score (nSPS) is 24.1. The quantitative estimate of drug-likeness (QED) is 0.802. The van der Waals surface area contributed by atoms with Crippen LogP contribution >= 0.6 is 0 Å². The maximum Gasteiger partial charge on any atom is 0.164 e. The third kappa shape index (κ3) is 3.56. The van der Waals surface area contributed by atoms with Crippen LogP contribution in [0.25, 0.3) is 0 Å². The molecular formula is C14H26N4O2. The van der Waals surface area contributed by atoms with Gasteiger partial charge < -0.3 is 14.8 Å². The number of ether oxygens (including phenoxy) is 2. The van der Waals surface area contributed by atoms with Crippen molar-refractivity contribution in [3.63, 3.8) is 0 Å². The maximum absolute atomic E-state index is 6.10.